The fraction of sp³-hybridized carbons (Fsp3) is 0.400. The Bertz CT molecular complexity index is 929. The number of hydrogen-bond acceptors (Lipinski definition) is 3. The van der Waals surface area contributed by atoms with E-state index in [2.05, 4.69) is 42.2 Å². The molecule has 4 atom stereocenters. The predicted octanol–water partition coefficient (Wildman–Crippen LogP) is 4.93. The van der Waals surface area contributed by atoms with Gasteiger partial charge in [-0.25, -0.2) is 0 Å². The minimum Gasteiger partial charge on any atom is -0.393 e. The Morgan fingerprint density at radius 2 is 1.76 bits per heavy atom. The van der Waals surface area contributed by atoms with Gasteiger partial charge < -0.3 is 10.2 Å². The van der Waals surface area contributed by atoms with Crippen LogP contribution in [0.3, 0.4) is 0 Å². The second-order valence-electron chi connectivity index (χ2n) is 8.15. The molecule has 0 saturated heterocycles. The fourth-order valence-electron chi connectivity index (χ4n) is 4.72. The second-order valence-corrected chi connectivity index (χ2v) is 8.15. The number of aryl methyl sites for hydroxylation is 1. The summed E-state index contributed by atoms with van der Waals surface area (Å²) in [6.45, 7) is 2.10. The van der Waals surface area contributed by atoms with Crippen LogP contribution in [0, 0.1) is 24.8 Å². The molecule has 0 amide bonds. The molecular weight excluding hydrogens is 538 g/mol. The zero-order valence-electron chi connectivity index (χ0n) is 16.7. The van der Waals surface area contributed by atoms with E-state index in [1.54, 1.807) is 0 Å². The summed E-state index contributed by atoms with van der Waals surface area (Å²) in [5, 5.41) is 20.3. The average Bonchev–Trinajstić information content (AvgIpc) is 3.11. The van der Waals surface area contributed by atoms with Crippen LogP contribution in [0.2, 0.25) is 0 Å². The Kier molecular flexibility index (Phi) is 7.59. The van der Waals surface area contributed by atoms with E-state index >= 15 is 0 Å². The van der Waals surface area contributed by atoms with Crippen LogP contribution in [-0.2, 0) is 20.1 Å². The van der Waals surface area contributed by atoms with E-state index in [9.17, 15) is 10.2 Å². The summed E-state index contributed by atoms with van der Waals surface area (Å²) in [5.74, 6) is 0.831. The molecule has 2 aliphatic rings. The predicted molar refractivity (Wildman–Crippen MR) is 113 cm³/mol. The maximum Gasteiger partial charge on any atom is 0.0595 e. The quantitative estimate of drug-likeness (QED) is 0.411. The molecule has 3 nitrogen and oxygen atoms in total. The first-order chi connectivity index (χ1) is 13.6. The van der Waals surface area contributed by atoms with E-state index < -0.39 is 0 Å². The largest absolute Gasteiger partial charge is 0.393 e. The summed E-state index contributed by atoms with van der Waals surface area (Å²) in [7, 11) is 0. The first-order valence-electron chi connectivity index (χ1n) is 10.3. The van der Waals surface area contributed by atoms with Crippen molar-refractivity contribution in [2.75, 3.05) is 0 Å². The van der Waals surface area contributed by atoms with E-state index in [1.807, 2.05) is 30.3 Å². The van der Waals surface area contributed by atoms with Crippen molar-refractivity contribution in [3.63, 3.8) is 0 Å². The topological polar surface area (TPSA) is 53.4 Å². The van der Waals surface area contributed by atoms with Gasteiger partial charge in [0.15, 0.2) is 0 Å². The van der Waals surface area contributed by atoms with Crippen LogP contribution in [-0.4, -0.2) is 27.4 Å². The molecule has 1 aromatic heterocycles. The van der Waals surface area contributed by atoms with Crippen molar-refractivity contribution >= 4 is 10.9 Å². The van der Waals surface area contributed by atoms with Crippen molar-refractivity contribution < 1.29 is 30.3 Å². The van der Waals surface area contributed by atoms with E-state index in [4.69, 9.17) is 0 Å². The van der Waals surface area contributed by atoms with Crippen LogP contribution in [0.5, 0.6) is 0 Å². The number of aliphatic hydroxyl groups is 2. The fourth-order valence-corrected chi connectivity index (χ4v) is 4.72. The molecule has 4 unspecified atom stereocenters. The Morgan fingerprint density at radius 3 is 2.52 bits per heavy atom. The maximum atomic E-state index is 9.59. The van der Waals surface area contributed by atoms with E-state index in [0.29, 0.717) is 5.92 Å². The SMILES string of the molecule is Cc1ccc2nc(-c3[c-]cccc3)ccc2c1.OC1CCCC2CCC(O)C12.[Ir]. The van der Waals surface area contributed by atoms with E-state index in [1.165, 1.54) is 17.4 Å². The van der Waals surface area contributed by atoms with Gasteiger partial charge in [0.2, 0.25) is 0 Å². The number of rotatable bonds is 1. The third kappa shape index (κ3) is 5.13. The van der Waals surface area contributed by atoms with Gasteiger partial charge >= 0.3 is 0 Å². The first-order valence-corrected chi connectivity index (χ1v) is 10.3. The number of fused-ring (bicyclic) bond motifs is 2. The number of benzene rings is 2. The minimum atomic E-state index is -0.216. The average molecular weight is 567 g/mol. The minimum absolute atomic E-state index is 0. The number of aliphatic hydroxyl groups excluding tert-OH is 2. The summed E-state index contributed by atoms with van der Waals surface area (Å²) in [5.41, 5.74) is 4.31. The molecule has 2 fully saturated rings. The van der Waals surface area contributed by atoms with E-state index in [-0.39, 0.29) is 38.2 Å². The number of aromatic nitrogens is 1. The molecule has 4 heteroatoms. The van der Waals surface area contributed by atoms with Gasteiger partial charge in [-0.05, 0) is 61.7 Å². The molecular formula is C25H28IrNO2-. The summed E-state index contributed by atoms with van der Waals surface area (Å²) in [6, 6.07) is 21.6. The molecule has 155 valence electrons. The Morgan fingerprint density at radius 1 is 0.931 bits per heavy atom. The van der Waals surface area contributed by atoms with Gasteiger partial charge in [-0.3, -0.25) is 4.98 Å². The van der Waals surface area contributed by atoms with Gasteiger partial charge in [-0.1, -0.05) is 30.2 Å². The molecule has 29 heavy (non-hydrogen) atoms. The third-order valence-electron chi connectivity index (χ3n) is 6.17. The van der Waals surface area contributed by atoms with Crippen molar-refractivity contribution in [2.24, 2.45) is 11.8 Å². The molecule has 2 N–H and O–H groups in total. The van der Waals surface area contributed by atoms with Gasteiger partial charge in [0.1, 0.15) is 0 Å². The molecule has 2 aliphatic carbocycles. The van der Waals surface area contributed by atoms with Crippen molar-refractivity contribution in [2.45, 2.75) is 51.2 Å². The zero-order chi connectivity index (χ0) is 19.5. The molecule has 5 rings (SSSR count). The summed E-state index contributed by atoms with van der Waals surface area (Å²) >= 11 is 0. The molecule has 1 radical (unpaired) electrons. The van der Waals surface area contributed by atoms with Crippen LogP contribution in [0.1, 0.15) is 37.7 Å². The molecule has 2 aromatic carbocycles. The van der Waals surface area contributed by atoms with Crippen molar-refractivity contribution in [3.8, 4) is 11.3 Å². The van der Waals surface area contributed by atoms with Gasteiger partial charge in [-0.15, -0.1) is 35.9 Å². The number of nitrogens with zero attached hydrogens (tertiary/aromatic N) is 1. The van der Waals surface area contributed by atoms with Gasteiger partial charge in [0, 0.05) is 26.0 Å². The van der Waals surface area contributed by atoms with E-state index in [0.717, 1.165) is 42.5 Å². The number of pyridine rings is 1. The van der Waals surface area contributed by atoms with Crippen molar-refractivity contribution in [1.29, 1.82) is 0 Å². The van der Waals surface area contributed by atoms with Crippen molar-refractivity contribution in [1.82, 2.24) is 4.98 Å². The molecule has 0 aliphatic heterocycles. The molecule has 3 aromatic rings. The summed E-state index contributed by atoms with van der Waals surface area (Å²) < 4.78 is 0. The van der Waals surface area contributed by atoms with Crippen molar-refractivity contribution in [3.05, 3.63) is 66.2 Å². The number of hydrogen-bond donors (Lipinski definition) is 2. The first kappa shape index (κ1) is 22.1. The maximum absolute atomic E-state index is 9.59. The monoisotopic (exact) mass is 567 g/mol. The Hall–Kier alpha value is -1.58. The third-order valence-corrected chi connectivity index (χ3v) is 6.17. The summed E-state index contributed by atoms with van der Waals surface area (Å²) in [4.78, 5) is 4.66. The van der Waals surface area contributed by atoms with Crippen LogP contribution in [0.4, 0.5) is 0 Å². The Labute approximate surface area is 186 Å². The van der Waals surface area contributed by atoms with Crippen LogP contribution < -0.4 is 0 Å². The molecule has 2 saturated carbocycles. The van der Waals surface area contributed by atoms with Gasteiger partial charge in [0.25, 0.3) is 0 Å². The van der Waals surface area contributed by atoms with Gasteiger partial charge in [-0.2, -0.15) is 0 Å². The van der Waals surface area contributed by atoms with Crippen LogP contribution in [0.25, 0.3) is 22.2 Å². The second kappa shape index (κ2) is 9.95. The molecule has 0 bridgehead atoms. The zero-order valence-corrected chi connectivity index (χ0v) is 19.1. The van der Waals surface area contributed by atoms with Crippen LogP contribution in [0.15, 0.2) is 54.6 Å². The summed E-state index contributed by atoms with van der Waals surface area (Å²) in [6.07, 6.45) is 4.88. The standard InChI is InChI=1S/C16H12N.C9H16O2.Ir/c1-12-7-9-16-14(11-12)8-10-15(17-16)13-5-3-2-4-6-13;10-7-3-1-2-6-4-5-8(11)9(6)7;/h2-5,7-11H,1H3;6-11H,1-5H2;/q-1;;. The smallest absolute Gasteiger partial charge is 0.0595 e. The molecule has 1 heterocycles. The van der Waals surface area contributed by atoms with Crippen LogP contribution >= 0.6 is 0 Å². The molecule has 0 spiro atoms. The van der Waals surface area contributed by atoms with Gasteiger partial charge in [0.05, 0.1) is 17.7 Å². The normalized spacial score (nSPS) is 25.5. The Balaban J connectivity index is 0.000000174.